The monoisotopic (exact) mass is 307 g/mol. The molecule has 7 heteroatoms. The van der Waals surface area contributed by atoms with E-state index in [0.717, 1.165) is 49.1 Å². The van der Waals surface area contributed by atoms with Gasteiger partial charge in [-0.2, -0.15) is 4.68 Å². The fourth-order valence-corrected chi connectivity index (χ4v) is 2.70. The summed E-state index contributed by atoms with van der Waals surface area (Å²) in [5, 5.41) is 16.1. The lowest BCUT2D eigenvalue weighted by molar-refractivity contribution is 0.199. The Labute approximate surface area is 129 Å². The first-order chi connectivity index (χ1) is 10.4. The summed E-state index contributed by atoms with van der Waals surface area (Å²) in [4.78, 5) is 0. The molecule has 0 aliphatic rings. The number of benzene rings is 1. The number of hydrogen-bond acceptors (Lipinski definition) is 6. The van der Waals surface area contributed by atoms with E-state index in [4.69, 9.17) is 4.74 Å². The molecular weight excluding hydrogens is 286 g/mol. The summed E-state index contributed by atoms with van der Waals surface area (Å²) in [5.41, 5.74) is 0.992. The number of nitrogens with one attached hydrogen (secondary N) is 1. The zero-order valence-corrected chi connectivity index (χ0v) is 13.1. The van der Waals surface area contributed by atoms with Gasteiger partial charge in [0.25, 0.3) is 0 Å². The highest BCUT2D eigenvalue weighted by molar-refractivity contribution is 7.99. The Morgan fingerprint density at radius 2 is 2.05 bits per heavy atom. The molecule has 6 nitrogen and oxygen atoms in total. The molecular formula is C14H21N5OS. The molecule has 0 atom stereocenters. The summed E-state index contributed by atoms with van der Waals surface area (Å²) in [7, 11) is 1.72. The Balaban J connectivity index is 1.69. The van der Waals surface area contributed by atoms with Gasteiger partial charge in [0.1, 0.15) is 0 Å². The van der Waals surface area contributed by atoms with Gasteiger partial charge in [-0.25, -0.2) is 0 Å². The number of aromatic nitrogens is 4. The maximum atomic E-state index is 4.98. The molecule has 114 valence electrons. The number of unbranched alkanes of at least 4 members (excludes halogenated alkanes) is 1. The summed E-state index contributed by atoms with van der Waals surface area (Å²) in [6.45, 7) is 2.70. The summed E-state index contributed by atoms with van der Waals surface area (Å²) in [6.07, 6.45) is 2.27. The van der Waals surface area contributed by atoms with Gasteiger partial charge in [-0.15, -0.1) is 5.10 Å². The highest BCUT2D eigenvalue weighted by Gasteiger charge is 2.07. The highest BCUT2D eigenvalue weighted by Crippen LogP contribution is 2.18. The summed E-state index contributed by atoms with van der Waals surface area (Å²) in [5.74, 6) is 1.01. The average molecular weight is 307 g/mol. The maximum Gasteiger partial charge on any atom is 0.214 e. The topological polar surface area (TPSA) is 64.9 Å². The van der Waals surface area contributed by atoms with Crippen molar-refractivity contribution in [3.8, 4) is 5.69 Å². The van der Waals surface area contributed by atoms with Crippen LogP contribution in [0.4, 0.5) is 0 Å². The van der Waals surface area contributed by atoms with E-state index in [2.05, 4.69) is 20.8 Å². The van der Waals surface area contributed by atoms with E-state index in [0.29, 0.717) is 0 Å². The number of hydrogen-bond donors (Lipinski definition) is 1. The molecule has 1 N–H and O–H groups in total. The number of rotatable bonds is 10. The minimum atomic E-state index is 0.764. The van der Waals surface area contributed by atoms with Crippen molar-refractivity contribution in [3.63, 3.8) is 0 Å². The smallest absolute Gasteiger partial charge is 0.214 e. The number of nitrogens with zero attached hydrogens (tertiary/aromatic N) is 4. The second-order valence-electron chi connectivity index (χ2n) is 4.51. The molecule has 0 bridgehead atoms. The second kappa shape index (κ2) is 9.49. The van der Waals surface area contributed by atoms with E-state index >= 15 is 0 Å². The van der Waals surface area contributed by atoms with E-state index in [-0.39, 0.29) is 0 Å². The van der Waals surface area contributed by atoms with Gasteiger partial charge in [-0.1, -0.05) is 30.0 Å². The lowest BCUT2D eigenvalue weighted by Crippen LogP contribution is -2.20. The lowest BCUT2D eigenvalue weighted by atomic mass is 10.3. The normalized spacial score (nSPS) is 10.9. The predicted octanol–water partition coefficient (Wildman–Crippen LogP) is 1.77. The summed E-state index contributed by atoms with van der Waals surface area (Å²) < 4.78 is 6.76. The van der Waals surface area contributed by atoms with Crippen molar-refractivity contribution in [3.05, 3.63) is 30.3 Å². The Morgan fingerprint density at radius 1 is 1.19 bits per heavy atom. The minimum absolute atomic E-state index is 0.764. The fraction of sp³-hybridized carbons (Fsp3) is 0.500. The van der Waals surface area contributed by atoms with E-state index in [1.54, 1.807) is 23.6 Å². The standard InChI is InChI=1S/C14H21N5OS/c1-20-11-10-15-9-5-6-12-21-14-16-17-18-19(14)13-7-3-2-4-8-13/h2-4,7-8,15H,5-6,9-12H2,1H3. The van der Waals surface area contributed by atoms with Crippen molar-refractivity contribution in [2.75, 3.05) is 32.6 Å². The number of ether oxygens (including phenoxy) is 1. The van der Waals surface area contributed by atoms with Crippen LogP contribution < -0.4 is 5.32 Å². The van der Waals surface area contributed by atoms with Gasteiger partial charge in [0.05, 0.1) is 12.3 Å². The third kappa shape index (κ3) is 5.45. The molecule has 0 unspecified atom stereocenters. The zero-order chi connectivity index (χ0) is 14.8. The van der Waals surface area contributed by atoms with Crippen LogP contribution in [-0.4, -0.2) is 52.8 Å². The van der Waals surface area contributed by atoms with E-state index in [9.17, 15) is 0 Å². The van der Waals surface area contributed by atoms with Gasteiger partial charge in [-0.05, 0) is 41.9 Å². The van der Waals surface area contributed by atoms with Gasteiger partial charge in [0, 0.05) is 19.4 Å². The molecule has 21 heavy (non-hydrogen) atoms. The van der Waals surface area contributed by atoms with Crippen molar-refractivity contribution in [1.29, 1.82) is 0 Å². The molecule has 0 saturated carbocycles. The van der Waals surface area contributed by atoms with Crippen LogP contribution in [-0.2, 0) is 4.74 Å². The van der Waals surface area contributed by atoms with E-state index < -0.39 is 0 Å². The zero-order valence-electron chi connectivity index (χ0n) is 12.2. The van der Waals surface area contributed by atoms with Gasteiger partial charge in [0.2, 0.25) is 5.16 Å². The SMILES string of the molecule is COCCNCCCCSc1nnnn1-c1ccccc1. The highest BCUT2D eigenvalue weighted by atomic mass is 32.2. The molecule has 2 rings (SSSR count). The van der Waals surface area contributed by atoms with Crippen molar-refractivity contribution in [2.24, 2.45) is 0 Å². The van der Waals surface area contributed by atoms with Gasteiger partial charge in [0.15, 0.2) is 0 Å². The Kier molecular flexibility index (Phi) is 7.20. The van der Waals surface area contributed by atoms with Gasteiger partial charge < -0.3 is 10.1 Å². The third-order valence-corrected chi connectivity index (χ3v) is 3.91. The van der Waals surface area contributed by atoms with Crippen molar-refractivity contribution >= 4 is 11.8 Å². The second-order valence-corrected chi connectivity index (χ2v) is 5.57. The van der Waals surface area contributed by atoms with E-state index in [1.165, 1.54) is 0 Å². The molecule has 0 aliphatic carbocycles. The van der Waals surface area contributed by atoms with Crippen LogP contribution in [0.2, 0.25) is 0 Å². The molecule has 0 aliphatic heterocycles. The van der Waals surface area contributed by atoms with E-state index in [1.807, 2.05) is 30.3 Å². The molecule has 0 saturated heterocycles. The third-order valence-electron chi connectivity index (χ3n) is 2.90. The first-order valence-corrected chi connectivity index (χ1v) is 8.06. The number of methoxy groups -OCH3 is 1. The van der Waals surface area contributed by atoms with Gasteiger partial charge >= 0.3 is 0 Å². The fourth-order valence-electron chi connectivity index (χ4n) is 1.81. The van der Waals surface area contributed by atoms with Crippen molar-refractivity contribution in [2.45, 2.75) is 18.0 Å². The molecule has 1 aromatic heterocycles. The van der Waals surface area contributed by atoms with Crippen LogP contribution in [0.1, 0.15) is 12.8 Å². The molecule has 2 aromatic rings. The van der Waals surface area contributed by atoms with Crippen LogP contribution in [0.15, 0.2) is 35.5 Å². The molecule has 1 heterocycles. The van der Waals surface area contributed by atoms with Crippen molar-refractivity contribution < 1.29 is 4.74 Å². The van der Waals surface area contributed by atoms with Crippen LogP contribution in [0.25, 0.3) is 5.69 Å². The largest absolute Gasteiger partial charge is 0.383 e. The lowest BCUT2D eigenvalue weighted by Gasteiger charge is -2.05. The molecule has 0 fully saturated rings. The van der Waals surface area contributed by atoms with Crippen molar-refractivity contribution in [1.82, 2.24) is 25.5 Å². The number of para-hydroxylation sites is 1. The quantitative estimate of drug-likeness (QED) is 0.533. The van der Waals surface area contributed by atoms with Gasteiger partial charge in [-0.3, -0.25) is 0 Å². The van der Waals surface area contributed by atoms with Crippen LogP contribution in [0, 0.1) is 0 Å². The first-order valence-electron chi connectivity index (χ1n) is 7.08. The number of tetrazole rings is 1. The average Bonchev–Trinajstić information content (AvgIpc) is 2.99. The van der Waals surface area contributed by atoms with Crippen LogP contribution in [0.5, 0.6) is 0 Å². The Hall–Kier alpha value is -1.44. The molecule has 0 radical (unpaired) electrons. The first kappa shape index (κ1) is 15.9. The summed E-state index contributed by atoms with van der Waals surface area (Å²) >= 11 is 1.69. The molecule has 0 spiro atoms. The molecule has 1 aromatic carbocycles. The van der Waals surface area contributed by atoms with Crippen LogP contribution in [0.3, 0.4) is 0 Å². The minimum Gasteiger partial charge on any atom is -0.383 e. The number of thioether (sulfide) groups is 1. The Morgan fingerprint density at radius 3 is 2.86 bits per heavy atom. The van der Waals surface area contributed by atoms with Crippen LogP contribution >= 0.6 is 11.8 Å². The maximum absolute atomic E-state index is 4.98. The summed E-state index contributed by atoms with van der Waals surface area (Å²) in [6, 6.07) is 9.95. The Bertz CT molecular complexity index is 505. The molecule has 0 amide bonds. The predicted molar refractivity (Wildman–Crippen MR) is 83.9 cm³/mol.